The van der Waals surface area contributed by atoms with Crippen molar-refractivity contribution in [2.75, 3.05) is 47.4 Å². The largest absolute Gasteiger partial charge is 0.482 e. The summed E-state index contributed by atoms with van der Waals surface area (Å²) >= 11 is 0. The summed E-state index contributed by atoms with van der Waals surface area (Å²) in [6.07, 6.45) is 20.1. The van der Waals surface area contributed by atoms with Gasteiger partial charge in [-0.2, -0.15) is 0 Å². The van der Waals surface area contributed by atoms with Gasteiger partial charge in [0.2, 0.25) is 0 Å². The lowest BCUT2D eigenvalue weighted by molar-refractivity contribution is -0.157. The van der Waals surface area contributed by atoms with Crippen molar-refractivity contribution < 1.29 is 41.5 Å². The molecule has 56 heavy (non-hydrogen) atoms. The lowest BCUT2D eigenvalue weighted by Gasteiger charge is -2.24. The van der Waals surface area contributed by atoms with Crippen LogP contribution in [0.25, 0.3) is 5.57 Å². The van der Waals surface area contributed by atoms with Gasteiger partial charge in [0.15, 0.2) is 6.61 Å². The molecule has 0 fully saturated rings. The molecular formula is C41H46N4O9P2. The number of carbonyl (C=O) groups excluding carboxylic acids is 1. The molecule has 0 unspecified atom stereocenters. The maximum atomic E-state index is 13.2. The molecule has 0 aromatic heterocycles. The Morgan fingerprint density at radius 1 is 0.661 bits per heavy atom. The molecular weight excluding hydrogens is 754 g/mol. The molecule has 0 spiro atoms. The second-order valence-electron chi connectivity index (χ2n) is 14.2. The summed E-state index contributed by atoms with van der Waals surface area (Å²) in [5.74, 6) is -0.263. The highest BCUT2D eigenvalue weighted by molar-refractivity contribution is 7.54. The van der Waals surface area contributed by atoms with Gasteiger partial charge >= 0.3 is 21.2 Å². The van der Waals surface area contributed by atoms with E-state index in [0.717, 1.165) is 16.7 Å². The molecule has 0 radical (unpaired) electrons. The van der Waals surface area contributed by atoms with Crippen molar-refractivity contribution in [2.45, 2.75) is 39.2 Å². The quantitative estimate of drug-likeness (QED) is 0.125. The fraction of sp³-hybridized carbons (Fsp3) is 0.341. The highest BCUT2D eigenvalue weighted by Crippen LogP contribution is 2.51. The normalized spacial score (nSPS) is 17.7. The average molecular weight is 801 g/mol. The third kappa shape index (κ3) is 10.0. The number of rotatable bonds is 15. The van der Waals surface area contributed by atoms with E-state index in [9.17, 15) is 13.9 Å². The van der Waals surface area contributed by atoms with Gasteiger partial charge < -0.3 is 27.6 Å². The standard InChI is InChI=1S/C41H46N4O9P2/c1-41(2,3)54-38(46)26-53-33-14-8-27(9-15-33)39-34-16-10-29(42-34)24-31-12-18-36(44-31)40(37-19-13-32(45-37)25-30-11-17-35(39)43-30)28(20-22-55(47,49-4)50-5)21-23-56(48,51-6)52-7/h8-19,24-25,28H,20-23,26H2,1-7H3. The van der Waals surface area contributed by atoms with Crippen LogP contribution in [0.15, 0.2) is 133 Å². The fourth-order valence-corrected chi connectivity index (χ4v) is 8.78. The number of esters is 1. The van der Waals surface area contributed by atoms with Crippen molar-refractivity contribution in [3.05, 3.63) is 119 Å². The molecule has 5 heterocycles. The van der Waals surface area contributed by atoms with Crippen LogP contribution < -0.4 is 4.74 Å². The van der Waals surface area contributed by atoms with Crippen LogP contribution in [0.2, 0.25) is 0 Å². The summed E-state index contributed by atoms with van der Waals surface area (Å²) in [5.41, 5.74) is 7.34. The van der Waals surface area contributed by atoms with Crippen molar-refractivity contribution in [2.24, 2.45) is 25.9 Å². The number of carbonyl (C=O) groups is 1. The van der Waals surface area contributed by atoms with Gasteiger partial charge in [0.05, 0.1) is 58.0 Å². The average Bonchev–Trinajstić information content (AvgIpc) is 4.02. The van der Waals surface area contributed by atoms with Crippen LogP contribution in [0.4, 0.5) is 0 Å². The summed E-state index contributed by atoms with van der Waals surface area (Å²) in [6, 6.07) is 7.43. The number of allylic oxidation sites excluding steroid dienone is 12. The van der Waals surface area contributed by atoms with Gasteiger partial charge in [-0.1, -0.05) is 12.1 Å². The Balaban J connectivity index is 1.38. The first-order valence-electron chi connectivity index (χ1n) is 18.1. The van der Waals surface area contributed by atoms with Crippen LogP contribution in [0, 0.1) is 5.92 Å². The highest BCUT2D eigenvalue weighted by atomic mass is 31.2. The number of fused-ring (bicyclic) bond motifs is 4. The minimum absolute atomic E-state index is 0.110. The molecule has 1 aromatic carbocycles. The zero-order valence-corrected chi connectivity index (χ0v) is 34.3. The van der Waals surface area contributed by atoms with Crippen molar-refractivity contribution in [3.8, 4) is 5.75 Å². The summed E-state index contributed by atoms with van der Waals surface area (Å²) in [6.45, 7) is 5.23. The molecule has 8 bridgehead atoms. The van der Waals surface area contributed by atoms with Gasteiger partial charge in [-0.15, -0.1) is 0 Å². The number of benzene rings is 1. The molecule has 0 saturated carbocycles. The molecule has 0 N–H and O–H groups in total. The van der Waals surface area contributed by atoms with E-state index in [1.54, 1.807) is 12.1 Å². The minimum atomic E-state index is -3.39. The molecule has 6 rings (SSSR count). The lowest BCUT2D eigenvalue weighted by Crippen LogP contribution is -2.27. The van der Waals surface area contributed by atoms with E-state index >= 15 is 0 Å². The zero-order valence-electron chi connectivity index (χ0n) is 32.6. The second kappa shape index (κ2) is 17.3. The number of hydrogen-bond donors (Lipinski definition) is 0. The van der Waals surface area contributed by atoms with Gasteiger partial charge in [0, 0.05) is 39.6 Å². The van der Waals surface area contributed by atoms with Crippen molar-refractivity contribution in [1.29, 1.82) is 0 Å². The highest BCUT2D eigenvalue weighted by Gasteiger charge is 2.32. The predicted molar refractivity (Wildman–Crippen MR) is 220 cm³/mol. The van der Waals surface area contributed by atoms with Gasteiger partial charge in [-0.3, -0.25) is 9.13 Å². The van der Waals surface area contributed by atoms with Crippen LogP contribution in [0.3, 0.4) is 0 Å². The Hall–Kier alpha value is -4.61. The summed E-state index contributed by atoms with van der Waals surface area (Å²) < 4.78 is 58.6. The molecule has 294 valence electrons. The number of ether oxygens (including phenoxy) is 2. The number of hydrogen-bond acceptors (Lipinski definition) is 13. The summed E-state index contributed by atoms with van der Waals surface area (Å²) in [4.78, 5) is 32.2. The van der Waals surface area contributed by atoms with E-state index < -0.39 is 26.8 Å². The van der Waals surface area contributed by atoms with Crippen LogP contribution in [0.5, 0.6) is 5.75 Å². The van der Waals surface area contributed by atoms with Crippen molar-refractivity contribution >= 4 is 49.6 Å². The molecule has 0 saturated heterocycles. The van der Waals surface area contributed by atoms with Gasteiger partial charge in [-0.25, -0.2) is 24.8 Å². The third-order valence-electron chi connectivity index (χ3n) is 9.25. The Morgan fingerprint density at radius 2 is 1.18 bits per heavy atom. The second-order valence-corrected chi connectivity index (χ2v) is 19.0. The predicted octanol–water partition coefficient (Wildman–Crippen LogP) is 8.57. The molecule has 13 nitrogen and oxygen atoms in total. The first kappa shape index (κ1) is 41.0. The monoisotopic (exact) mass is 800 g/mol. The maximum Gasteiger partial charge on any atom is 0.344 e. The molecule has 0 aliphatic carbocycles. The van der Waals surface area contributed by atoms with Gasteiger partial charge in [0.25, 0.3) is 0 Å². The number of nitrogens with zero attached hydrogens (tertiary/aromatic N) is 4. The smallest absolute Gasteiger partial charge is 0.344 e. The van der Waals surface area contributed by atoms with E-state index in [1.165, 1.54) is 28.4 Å². The topological polar surface area (TPSA) is 156 Å². The lowest BCUT2D eigenvalue weighted by atomic mass is 9.88. The van der Waals surface area contributed by atoms with Crippen LogP contribution in [0.1, 0.15) is 39.2 Å². The van der Waals surface area contributed by atoms with Gasteiger partial charge in [0.1, 0.15) is 11.4 Å². The zero-order chi connectivity index (χ0) is 40.1. The van der Waals surface area contributed by atoms with E-state index in [-0.39, 0.29) is 24.8 Å². The summed E-state index contributed by atoms with van der Waals surface area (Å²) in [7, 11) is -1.33. The first-order valence-corrected chi connectivity index (χ1v) is 21.5. The number of aliphatic imine (C=N–C) groups is 4. The minimum Gasteiger partial charge on any atom is -0.482 e. The molecule has 0 atom stereocenters. The van der Waals surface area contributed by atoms with E-state index in [1.807, 2.05) is 93.7 Å². The first-order chi connectivity index (χ1) is 26.7. The Kier molecular flexibility index (Phi) is 12.6. The van der Waals surface area contributed by atoms with Crippen molar-refractivity contribution in [3.63, 3.8) is 0 Å². The van der Waals surface area contributed by atoms with Gasteiger partial charge in [-0.05, 0) is 118 Å². The summed E-state index contributed by atoms with van der Waals surface area (Å²) in [5, 5.41) is 0. The molecule has 5 aliphatic rings. The van der Waals surface area contributed by atoms with E-state index in [2.05, 4.69) is 0 Å². The maximum absolute atomic E-state index is 13.2. The Bertz CT molecular complexity index is 2200. The molecule has 1 aromatic rings. The Morgan fingerprint density at radius 3 is 1.73 bits per heavy atom. The van der Waals surface area contributed by atoms with Crippen LogP contribution in [-0.4, -0.2) is 81.8 Å². The molecule has 5 aliphatic heterocycles. The third-order valence-corrected chi connectivity index (χ3v) is 13.1. The van der Waals surface area contributed by atoms with Crippen molar-refractivity contribution in [1.82, 2.24) is 0 Å². The molecule has 0 amide bonds. The van der Waals surface area contributed by atoms with E-state index in [0.29, 0.717) is 64.2 Å². The van der Waals surface area contributed by atoms with E-state index in [4.69, 9.17) is 47.5 Å². The van der Waals surface area contributed by atoms with Crippen LogP contribution in [-0.2, 0) is 36.8 Å². The Labute approximate surface area is 327 Å². The molecule has 15 heteroatoms. The fourth-order valence-electron chi connectivity index (χ4n) is 6.50. The van der Waals surface area contributed by atoms with Crippen LogP contribution >= 0.6 is 15.2 Å². The SMILES string of the molecule is COP(=O)(CCC(CCP(=O)(OC)OC)C1=C2C=CC(=N2)C=C2C=CC(=N2)C(c2ccc(OCC(=O)OC(C)(C)C)cc2)=C2C=CC(=N2)C=C2C=CC1=N2)OC.